The summed E-state index contributed by atoms with van der Waals surface area (Å²) >= 11 is 1.64. The first-order valence-electron chi connectivity index (χ1n) is 8.10. The van der Waals surface area contributed by atoms with Gasteiger partial charge >= 0.3 is 0 Å². The molecule has 0 spiro atoms. The predicted molar refractivity (Wildman–Crippen MR) is 98.2 cm³/mol. The van der Waals surface area contributed by atoms with Crippen LogP contribution in [0.4, 0.5) is 0 Å². The van der Waals surface area contributed by atoms with E-state index in [0.29, 0.717) is 0 Å². The molecular formula is C18H18N6S. The number of thiazole rings is 1. The number of imidazole rings is 1. The van der Waals surface area contributed by atoms with Crippen LogP contribution in [-0.2, 0) is 6.54 Å². The van der Waals surface area contributed by atoms with Crippen LogP contribution in [-0.4, -0.2) is 29.5 Å². The van der Waals surface area contributed by atoms with Crippen molar-refractivity contribution in [3.63, 3.8) is 0 Å². The molecule has 25 heavy (non-hydrogen) atoms. The summed E-state index contributed by atoms with van der Waals surface area (Å²) in [7, 11) is 0. The molecule has 4 rings (SSSR count). The maximum atomic E-state index is 4.56. The minimum Gasteiger partial charge on any atom is -0.333 e. The Morgan fingerprint density at radius 1 is 1.24 bits per heavy atom. The third-order valence-electron chi connectivity index (χ3n) is 4.16. The second-order valence-electron chi connectivity index (χ2n) is 6.03. The molecular weight excluding hydrogens is 332 g/mol. The van der Waals surface area contributed by atoms with Gasteiger partial charge in [0.2, 0.25) is 0 Å². The summed E-state index contributed by atoms with van der Waals surface area (Å²) in [4.78, 5) is 9.68. The summed E-state index contributed by atoms with van der Waals surface area (Å²) in [5.74, 6) is 0. The van der Waals surface area contributed by atoms with Crippen molar-refractivity contribution in [1.29, 1.82) is 0 Å². The van der Waals surface area contributed by atoms with Crippen LogP contribution < -0.4 is 0 Å². The van der Waals surface area contributed by atoms with Crippen molar-refractivity contribution in [2.75, 3.05) is 0 Å². The zero-order chi connectivity index (χ0) is 17.2. The number of nitrogens with zero attached hydrogens (tertiary/aromatic N) is 6. The highest BCUT2D eigenvalue weighted by Gasteiger charge is 2.12. The van der Waals surface area contributed by atoms with Crippen LogP contribution >= 0.6 is 11.3 Å². The topological polar surface area (TPSA) is 61.4 Å². The monoisotopic (exact) mass is 350 g/mol. The van der Waals surface area contributed by atoms with Gasteiger partial charge in [-0.2, -0.15) is 0 Å². The van der Waals surface area contributed by atoms with Gasteiger partial charge < -0.3 is 4.57 Å². The number of aryl methyl sites for hydroxylation is 1. The third kappa shape index (κ3) is 3.23. The van der Waals surface area contributed by atoms with Crippen molar-refractivity contribution in [3.05, 3.63) is 60.9 Å². The maximum absolute atomic E-state index is 4.56. The lowest BCUT2D eigenvalue weighted by atomic mass is 10.1. The summed E-state index contributed by atoms with van der Waals surface area (Å²) in [6.45, 7) is 4.98. The lowest BCUT2D eigenvalue weighted by Gasteiger charge is -2.11. The Labute approximate surface area is 149 Å². The second kappa shape index (κ2) is 6.60. The quantitative estimate of drug-likeness (QED) is 0.549. The van der Waals surface area contributed by atoms with Crippen LogP contribution in [0, 0.1) is 6.92 Å². The van der Waals surface area contributed by atoms with Crippen LogP contribution in [0.1, 0.15) is 18.5 Å². The zero-order valence-corrected chi connectivity index (χ0v) is 14.9. The van der Waals surface area contributed by atoms with Gasteiger partial charge in [-0.3, -0.25) is 0 Å². The van der Waals surface area contributed by atoms with Gasteiger partial charge in [0.1, 0.15) is 10.7 Å². The fourth-order valence-electron chi connectivity index (χ4n) is 2.73. The summed E-state index contributed by atoms with van der Waals surface area (Å²) in [5.41, 5.74) is 3.25. The van der Waals surface area contributed by atoms with Crippen molar-refractivity contribution in [2.24, 2.45) is 0 Å². The highest BCUT2D eigenvalue weighted by atomic mass is 32.1. The minimum absolute atomic E-state index is 0.265. The normalized spacial score (nSPS) is 12.4. The van der Waals surface area contributed by atoms with Gasteiger partial charge in [-0.25, -0.2) is 14.6 Å². The Kier molecular flexibility index (Phi) is 4.15. The zero-order valence-electron chi connectivity index (χ0n) is 14.1. The molecule has 3 aromatic heterocycles. The van der Waals surface area contributed by atoms with Gasteiger partial charge in [-0.15, -0.1) is 16.4 Å². The van der Waals surface area contributed by atoms with E-state index >= 15 is 0 Å². The van der Waals surface area contributed by atoms with E-state index in [0.717, 1.165) is 22.1 Å². The molecule has 1 atom stereocenters. The summed E-state index contributed by atoms with van der Waals surface area (Å²) in [5, 5.41) is 9.57. The van der Waals surface area contributed by atoms with Crippen LogP contribution in [0.15, 0.2) is 55.4 Å². The molecule has 1 aromatic carbocycles. The molecule has 0 aliphatic heterocycles. The van der Waals surface area contributed by atoms with Crippen LogP contribution in [0.5, 0.6) is 0 Å². The molecule has 126 valence electrons. The first kappa shape index (κ1) is 15.7. The standard InChI is InChI=1S/C18H18N6S/c1-13-5-3-4-6-15(13)18-20-9-17(25-18)16-11-24(22-21-16)10-14(2)23-8-7-19-12-23/h3-9,11-12,14H,10H2,1-2H3. The highest BCUT2D eigenvalue weighted by molar-refractivity contribution is 7.18. The maximum Gasteiger partial charge on any atom is 0.124 e. The molecule has 0 aliphatic carbocycles. The number of hydrogen-bond donors (Lipinski definition) is 0. The smallest absolute Gasteiger partial charge is 0.124 e. The lowest BCUT2D eigenvalue weighted by molar-refractivity contribution is 0.429. The van der Waals surface area contributed by atoms with Gasteiger partial charge in [0, 0.05) is 24.2 Å². The molecule has 0 bridgehead atoms. The van der Waals surface area contributed by atoms with E-state index in [-0.39, 0.29) is 6.04 Å². The van der Waals surface area contributed by atoms with Crippen molar-refractivity contribution < 1.29 is 0 Å². The van der Waals surface area contributed by atoms with Crippen molar-refractivity contribution in [2.45, 2.75) is 26.4 Å². The molecule has 0 saturated carbocycles. The molecule has 3 heterocycles. The summed E-state index contributed by atoms with van der Waals surface area (Å²) in [6, 6.07) is 8.55. The highest BCUT2D eigenvalue weighted by Crippen LogP contribution is 2.32. The third-order valence-corrected chi connectivity index (χ3v) is 5.21. The van der Waals surface area contributed by atoms with Crippen molar-refractivity contribution in [1.82, 2.24) is 29.5 Å². The average molecular weight is 350 g/mol. The van der Waals surface area contributed by atoms with Crippen LogP contribution in [0.3, 0.4) is 0 Å². The molecule has 0 amide bonds. The first-order chi connectivity index (χ1) is 12.2. The SMILES string of the molecule is Cc1ccccc1-c1ncc(-c2cn(CC(C)n3ccnc3)nn2)s1. The average Bonchev–Trinajstić information content (AvgIpc) is 3.36. The van der Waals surface area contributed by atoms with E-state index in [9.17, 15) is 0 Å². The summed E-state index contributed by atoms with van der Waals surface area (Å²) < 4.78 is 3.93. The largest absolute Gasteiger partial charge is 0.333 e. The fourth-order valence-corrected chi connectivity index (χ4v) is 3.68. The molecule has 0 radical (unpaired) electrons. The Morgan fingerprint density at radius 2 is 2.12 bits per heavy atom. The van der Waals surface area contributed by atoms with Gasteiger partial charge in [-0.1, -0.05) is 29.5 Å². The molecule has 0 saturated heterocycles. The van der Waals surface area contributed by atoms with Crippen LogP contribution in [0.2, 0.25) is 0 Å². The minimum atomic E-state index is 0.265. The first-order valence-corrected chi connectivity index (χ1v) is 8.92. The Bertz CT molecular complexity index is 969. The lowest BCUT2D eigenvalue weighted by Crippen LogP contribution is -2.12. The van der Waals surface area contributed by atoms with E-state index in [1.807, 2.05) is 41.7 Å². The molecule has 1 unspecified atom stereocenters. The van der Waals surface area contributed by atoms with Crippen molar-refractivity contribution >= 4 is 11.3 Å². The predicted octanol–water partition coefficient (Wildman–Crippen LogP) is 3.83. The van der Waals surface area contributed by atoms with E-state index in [1.165, 1.54) is 11.1 Å². The van der Waals surface area contributed by atoms with E-state index in [4.69, 9.17) is 0 Å². The van der Waals surface area contributed by atoms with Gasteiger partial charge in [0.25, 0.3) is 0 Å². The second-order valence-corrected chi connectivity index (χ2v) is 7.06. The molecule has 0 aliphatic rings. The molecule has 0 N–H and O–H groups in total. The van der Waals surface area contributed by atoms with Crippen molar-refractivity contribution in [3.8, 4) is 21.1 Å². The summed E-state index contributed by atoms with van der Waals surface area (Å²) in [6.07, 6.45) is 9.41. The Balaban J connectivity index is 1.54. The number of benzene rings is 1. The fraction of sp³-hybridized carbons (Fsp3) is 0.222. The number of aromatic nitrogens is 6. The van der Waals surface area contributed by atoms with Crippen LogP contribution in [0.25, 0.3) is 21.1 Å². The molecule has 6 nitrogen and oxygen atoms in total. The number of rotatable bonds is 5. The number of hydrogen-bond acceptors (Lipinski definition) is 5. The van der Waals surface area contributed by atoms with E-state index in [1.54, 1.807) is 17.5 Å². The van der Waals surface area contributed by atoms with E-state index < -0.39 is 0 Å². The van der Waals surface area contributed by atoms with Gasteiger partial charge in [0.15, 0.2) is 0 Å². The Morgan fingerprint density at radius 3 is 2.92 bits per heavy atom. The molecule has 4 aromatic rings. The van der Waals surface area contributed by atoms with Gasteiger partial charge in [0.05, 0.1) is 30.0 Å². The van der Waals surface area contributed by atoms with E-state index in [2.05, 4.69) is 50.8 Å². The molecule has 0 fully saturated rings. The molecule has 7 heteroatoms. The van der Waals surface area contributed by atoms with Gasteiger partial charge in [-0.05, 0) is 19.4 Å². The Hall–Kier alpha value is -2.80.